The molecule has 2 unspecified atom stereocenters. The Labute approximate surface area is 141 Å². The van der Waals surface area contributed by atoms with E-state index >= 15 is 0 Å². The summed E-state index contributed by atoms with van der Waals surface area (Å²) in [7, 11) is 0. The number of likely N-dealkylation sites (tertiary alicyclic amines) is 1. The van der Waals surface area contributed by atoms with Gasteiger partial charge in [-0.3, -0.25) is 4.79 Å². The van der Waals surface area contributed by atoms with E-state index in [9.17, 15) is 9.90 Å². The first-order valence-electron chi connectivity index (χ1n) is 8.07. The van der Waals surface area contributed by atoms with Crippen molar-refractivity contribution < 1.29 is 9.90 Å². The number of amides is 1. The topological polar surface area (TPSA) is 40.5 Å². The lowest BCUT2D eigenvalue weighted by molar-refractivity contribution is -0.153. The SMILES string of the molecule is Cc1ccc(C2(O)CC(Cc3cccs3)C(=O)N2C(C)C)cc1. The molecule has 0 spiro atoms. The molecule has 1 amide bonds. The number of hydrogen-bond acceptors (Lipinski definition) is 3. The fourth-order valence-electron chi connectivity index (χ4n) is 3.50. The Balaban J connectivity index is 1.94. The standard InChI is InChI=1S/C19H23NO2S/c1-13(2)20-18(21)15(11-17-5-4-10-23-17)12-19(20,22)16-8-6-14(3)7-9-16/h4-10,13,15,22H,11-12H2,1-3H3. The van der Waals surface area contributed by atoms with E-state index in [1.807, 2.05) is 56.5 Å². The predicted octanol–water partition coefficient (Wildman–Crippen LogP) is 3.70. The highest BCUT2D eigenvalue weighted by Crippen LogP contribution is 2.43. The predicted molar refractivity (Wildman–Crippen MR) is 93.2 cm³/mol. The summed E-state index contributed by atoms with van der Waals surface area (Å²) in [5, 5.41) is 13.4. The third-order valence-corrected chi connectivity index (χ3v) is 5.47. The van der Waals surface area contributed by atoms with Crippen molar-refractivity contribution in [2.75, 3.05) is 0 Å². The van der Waals surface area contributed by atoms with Crippen LogP contribution in [0.3, 0.4) is 0 Å². The summed E-state index contributed by atoms with van der Waals surface area (Å²) in [4.78, 5) is 15.8. The van der Waals surface area contributed by atoms with Crippen molar-refractivity contribution in [2.24, 2.45) is 5.92 Å². The van der Waals surface area contributed by atoms with Crippen LogP contribution in [0.5, 0.6) is 0 Å². The van der Waals surface area contributed by atoms with Gasteiger partial charge in [0.05, 0.1) is 0 Å². The molecule has 0 saturated carbocycles. The normalized spacial score (nSPS) is 24.7. The van der Waals surface area contributed by atoms with Crippen LogP contribution < -0.4 is 0 Å². The first kappa shape index (κ1) is 16.2. The number of aliphatic hydroxyl groups is 1. The fourth-order valence-corrected chi connectivity index (χ4v) is 4.28. The molecule has 1 aliphatic rings. The van der Waals surface area contributed by atoms with Crippen LogP contribution in [-0.4, -0.2) is 22.0 Å². The van der Waals surface area contributed by atoms with Crippen molar-refractivity contribution in [2.45, 2.75) is 45.4 Å². The maximum Gasteiger partial charge on any atom is 0.228 e. The highest BCUT2D eigenvalue weighted by atomic mass is 32.1. The van der Waals surface area contributed by atoms with E-state index in [4.69, 9.17) is 0 Å². The van der Waals surface area contributed by atoms with Crippen molar-refractivity contribution in [1.82, 2.24) is 4.90 Å². The van der Waals surface area contributed by atoms with Crippen LogP contribution in [-0.2, 0) is 16.9 Å². The van der Waals surface area contributed by atoms with Gasteiger partial charge in [-0.05, 0) is 38.6 Å². The van der Waals surface area contributed by atoms with E-state index in [0.29, 0.717) is 12.8 Å². The molecule has 1 aliphatic heterocycles. The van der Waals surface area contributed by atoms with Gasteiger partial charge < -0.3 is 10.0 Å². The third kappa shape index (κ3) is 2.93. The zero-order valence-electron chi connectivity index (χ0n) is 13.8. The van der Waals surface area contributed by atoms with E-state index in [1.54, 1.807) is 16.2 Å². The fraction of sp³-hybridized carbons (Fsp3) is 0.421. The molecular formula is C19H23NO2S. The molecule has 3 rings (SSSR count). The summed E-state index contributed by atoms with van der Waals surface area (Å²) in [5.41, 5.74) is 0.743. The molecular weight excluding hydrogens is 306 g/mol. The van der Waals surface area contributed by atoms with Gasteiger partial charge in [0.1, 0.15) is 0 Å². The van der Waals surface area contributed by atoms with Crippen molar-refractivity contribution in [3.8, 4) is 0 Å². The lowest BCUT2D eigenvalue weighted by Gasteiger charge is -2.37. The minimum atomic E-state index is -1.21. The van der Waals surface area contributed by atoms with Crippen LogP contribution in [0.25, 0.3) is 0 Å². The lowest BCUT2D eigenvalue weighted by atomic mass is 9.93. The summed E-state index contributed by atoms with van der Waals surface area (Å²) in [6.45, 7) is 5.95. The molecule has 23 heavy (non-hydrogen) atoms. The molecule has 1 aromatic carbocycles. The van der Waals surface area contributed by atoms with E-state index in [2.05, 4.69) is 6.07 Å². The summed E-state index contributed by atoms with van der Waals surface area (Å²) in [6.07, 6.45) is 1.15. The summed E-state index contributed by atoms with van der Waals surface area (Å²) in [5.74, 6) is -0.112. The van der Waals surface area contributed by atoms with E-state index < -0.39 is 5.72 Å². The number of nitrogens with zero attached hydrogens (tertiary/aromatic N) is 1. The number of thiophene rings is 1. The molecule has 4 heteroatoms. The van der Waals surface area contributed by atoms with Crippen LogP contribution in [0.15, 0.2) is 41.8 Å². The van der Waals surface area contributed by atoms with Gasteiger partial charge in [0.2, 0.25) is 5.91 Å². The monoisotopic (exact) mass is 329 g/mol. The van der Waals surface area contributed by atoms with Gasteiger partial charge >= 0.3 is 0 Å². The number of carbonyl (C=O) groups is 1. The Morgan fingerprint density at radius 3 is 2.57 bits per heavy atom. The molecule has 2 aromatic rings. The average molecular weight is 329 g/mol. The summed E-state index contributed by atoms with van der Waals surface area (Å²) < 4.78 is 0. The minimum Gasteiger partial charge on any atom is -0.367 e. The number of rotatable bonds is 4. The van der Waals surface area contributed by atoms with Gasteiger partial charge in [-0.2, -0.15) is 0 Å². The second-order valence-electron chi connectivity index (χ2n) is 6.67. The lowest BCUT2D eigenvalue weighted by Crippen LogP contribution is -2.47. The Morgan fingerprint density at radius 2 is 2.00 bits per heavy atom. The quantitative estimate of drug-likeness (QED) is 0.929. The second kappa shape index (κ2) is 6.10. The Kier molecular flexibility index (Phi) is 4.30. The molecule has 1 N–H and O–H groups in total. The number of carbonyl (C=O) groups excluding carboxylic acids is 1. The highest BCUT2D eigenvalue weighted by molar-refractivity contribution is 7.09. The molecule has 1 saturated heterocycles. The van der Waals surface area contributed by atoms with Gasteiger partial charge in [0.15, 0.2) is 5.72 Å². The van der Waals surface area contributed by atoms with Crippen LogP contribution in [0.2, 0.25) is 0 Å². The van der Waals surface area contributed by atoms with E-state index in [0.717, 1.165) is 11.1 Å². The third-order valence-electron chi connectivity index (χ3n) is 4.57. The first-order valence-corrected chi connectivity index (χ1v) is 8.95. The van der Waals surface area contributed by atoms with Crippen LogP contribution >= 0.6 is 11.3 Å². The van der Waals surface area contributed by atoms with Gasteiger partial charge in [-0.15, -0.1) is 11.3 Å². The number of hydrogen-bond donors (Lipinski definition) is 1. The maximum absolute atomic E-state index is 12.9. The van der Waals surface area contributed by atoms with Crippen LogP contribution in [0.1, 0.15) is 36.3 Å². The molecule has 122 valence electrons. The van der Waals surface area contributed by atoms with Gasteiger partial charge in [-0.25, -0.2) is 0 Å². The minimum absolute atomic E-state index is 0.0397. The molecule has 1 aromatic heterocycles. The molecule has 0 radical (unpaired) electrons. The van der Waals surface area contributed by atoms with Crippen LogP contribution in [0.4, 0.5) is 0 Å². The molecule has 1 fully saturated rings. The molecule has 2 heterocycles. The second-order valence-corrected chi connectivity index (χ2v) is 7.70. The smallest absolute Gasteiger partial charge is 0.228 e. The van der Waals surface area contributed by atoms with Crippen molar-refractivity contribution in [1.29, 1.82) is 0 Å². The maximum atomic E-state index is 12.9. The molecule has 3 nitrogen and oxygen atoms in total. The van der Waals surface area contributed by atoms with Crippen molar-refractivity contribution in [3.63, 3.8) is 0 Å². The first-order chi connectivity index (χ1) is 10.9. The zero-order chi connectivity index (χ0) is 16.6. The van der Waals surface area contributed by atoms with Gasteiger partial charge in [0.25, 0.3) is 0 Å². The largest absolute Gasteiger partial charge is 0.367 e. The van der Waals surface area contributed by atoms with Gasteiger partial charge in [-0.1, -0.05) is 35.9 Å². The average Bonchev–Trinajstić information content (AvgIpc) is 3.07. The number of benzene rings is 1. The summed E-state index contributed by atoms with van der Waals surface area (Å²) >= 11 is 1.67. The van der Waals surface area contributed by atoms with Gasteiger partial charge in [0, 0.05) is 28.8 Å². The molecule has 0 aliphatic carbocycles. The van der Waals surface area contributed by atoms with Crippen molar-refractivity contribution in [3.05, 3.63) is 57.8 Å². The van der Waals surface area contributed by atoms with E-state index in [1.165, 1.54) is 4.88 Å². The van der Waals surface area contributed by atoms with E-state index in [-0.39, 0.29) is 17.9 Å². The Hall–Kier alpha value is -1.65. The molecule has 2 atom stereocenters. The highest BCUT2D eigenvalue weighted by Gasteiger charge is 2.51. The van der Waals surface area contributed by atoms with Crippen molar-refractivity contribution >= 4 is 17.2 Å². The summed E-state index contributed by atoms with van der Waals surface area (Å²) in [6, 6.07) is 11.9. The molecule has 0 bridgehead atoms. The Bertz CT molecular complexity index is 678. The zero-order valence-corrected chi connectivity index (χ0v) is 14.6. The Morgan fingerprint density at radius 1 is 1.30 bits per heavy atom. The van der Waals surface area contributed by atoms with Crippen LogP contribution in [0, 0.1) is 12.8 Å². The number of aryl methyl sites for hydroxylation is 1.